The zero-order chi connectivity index (χ0) is 16.8. The standard InChI is InChI=1S/C20H39N3/c1-4-6-8-9-11-14-20(3,13-10-7-5-2)22-15-12-17-23-18-16-21-19-23/h16,18-19,22H,4-15,17H2,1-3H3. The predicted octanol–water partition coefficient (Wildman–Crippen LogP) is 5.56. The first-order valence-corrected chi connectivity index (χ1v) is 9.91. The van der Waals surface area contributed by atoms with Gasteiger partial charge in [-0.3, -0.25) is 0 Å². The maximum atomic E-state index is 4.11. The fraction of sp³-hybridized carbons (Fsp3) is 0.850. The number of imidazole rings is 1. The molecule has 3 nitrogen and oxygen atoms in total. The molecule has 0 saturated carbocycles. The second-order valence-electron chi connectivity index (χ2n) is 7.26. The predicted molar refractivity (Wildman–Crippen MR) is 101 cm³/mol. The molecule has 0 aliphatic heterocycles. The van der Waals surface area contributed by atoms with Gasteiger partial charge in [-0.15, -0.1) is 0 Å². The van der Waals surface area contributed by atoms with Gasteiger partial charge < -0.3 is 9.88 Å². The molecule has 0 saturated heterocycles. The molecule has 0 fully saturated rings. The molecule has 0 spiro atoms. The van der Waals surface area contributed by atoms with Crippen molar-refractivity contribution in [1.29, 1.82) is 0 Å². The van der Waals surface area contributed by atoms with Gasteiger partial charge in [0.1, 0.15) is 0 Å². The summed E-state index contributed by atoms with van der Waals surface area (Å²) in [6, 6.07) is 0. The summed E-state index contributed by atoms with van der Waals surface area (Å²) in [4.78, 5) is 4.11. The van der Waals surface area contributed by atoms with E-state index in [0.29, 0.717) is 5.54 Å². The molecule has 0 bridgehead atoms. The molecule has 1 unspecified atom stereocenters. The molecule has 1 aromatic rings. The lowest BCUT2D eigenvalue weighted by molar-refractivity contribution is 0.285. The Hall–Kier alpha value is -0.830. The quantitative estimate of drug-likeness (QED) is 0.428. The maximum absolute atomic E-state index is 4.11. The average Bonchev–Trinajstić information content (AvgIpc) is 3.05. The molecule has 1 atom stereocenters. The van der Waals surface area contributed by atoms with Crippen LogP contribution in [0.25, 0.3) is 0 Å². The van der Waals surface area contributed by atoms with E-state index in [-0.39, 0.29) is 0 Å². The van der Waals surface area contributed by atoms with E-state index in [1.165, 1.54) is 70.6 Å². The van der Waals surface area contributed by atoms with E-state index in [1.807, 2.05) is 18.7 Å². The smallest absolute Gasteiger partial charge is 0.0945 e. The minimum absolute atomic E-state index is 0.330. The van der Waals surface area contributed by atoms with E-state index in [9.17, 15) is 0 Å². The van der Waals surface area contributed by atoms with Crippen LogP contribution in [-0.4, -0.2) is 21.6 Å². The number of aryl methyl sites for hydroxylation is 1. The fourth-order valence-electron chi connectivity index (χ4n) is 3.26. The third kappa shape index (κ3) is 9.80. The van der Waals surface area contributed by atoms with E-state index < -0.39 is 0 Å². The van der Waals surface area contributed by atoms with Crippen molar-refractivity contribution in [2.45, 2.75) is 103 Å². The summed E-state index contributed by atoms with van der Waals surface area (Å²) >= 11 is 0. The molecule has 0 amide bonds. The molecule has 1 N–H and O–H groups in total. The molecule has 1 rings (SSSR count). The SMILES string of the molecule is CCCCCCCC(C)(CCCCC)NCCCn1ccnc1. The zero-order valence-electron chi connectivity index (χ0n) is 15.8. The van der Waals surface area contributed by atoms with Crippen LogP contribution in [0.15, 0.2) is 18.7 Å². The van der Waals surface area contributed by atoms with E-state index >= 15 is 0 Å². The summed E-state index contributed by atoms with van der Waals surface area (Å²) in [6.45, 7) is 9.20. The first kappa shape index (κ1) is 20.2. The largest absolute Gasteiger partial charge is 0.337 e. The van der Waals surface area contributed by atoms with Gasteiger partial charge >= 0.3 is 0 Å². The van der Waals surface area contributed by atoms with Crippen molar-refractivity contribution < 1.29 is 0 Å². The Morgan fingerprint density at radius 2 is 1.57 bits per heavy atom. The number of unbranched alkanes of at least 4 members (excludes halogenated alkanes) is 6. The van der Waals surface area contributed by atoms with Crippen LogP contribution >= 0.6 is 0 Å². The lowest BCUT2D eigenvalue weighted by Crippen LogP contribution is -2.43. The van der Waals surface area contributed by atoms with Gasteiger partial charge in [-0.1, -0.05) is 65.2 Å². The number of hydrogen-bond acceptors (Lipinski definition) is 2. The van der Waals surface area contributed by atoms with Crippen molar-refractivity contribution in [3.63, 3.8) is 0 Å². The van der Waals surface area contributed by atoms with Crippen molar-refractivity contribution in [3.05, 3.63) is 18.7 Å². The molecule has 134 valence electrons. The molecular weight excluding hydrogens is 282 g/mol. The highest BCUT2D eigenvalue weighted by Gasteiger charge is 2.22. The summed E-state index contributed by atoms with van der Waals surface area (Å²) in [7, 11) is 0. The highest BCUT2D eigenvalue weighted by atomic mass is 15.0. The fourth-order valence-corrected chi connectivity index (χ4v) is 3.26. The van der Waals surface area contributed by atoms with Crippen LogP contribution in [0, 0.1) is 0 Å². The van der Waals surface area contributed by atoms with Crippen LogP contribution in [0.4, 0.5) is 0 Å². The second-order valence-corrected chi connectivity index (χ2v) is 7.26. The van der Waals surface area contributed by atoms with E-state index in [4.69, 9.17) is 0 Å². The maximum Gasteiger partial charge on any atom is 0.0945 e. The monoisotopic (exact) mass is 321 g/mol. The third-order valence-corrected chi connectivity index (χ3v) is 4.87. The second kappa shape index (κ2) is 12.6. The van der Waals surface area contributed by atoms with Gasteiger partial charge in [0.2, 0.25) is 0 Å². The number of nitrogens with one attached hydrogen (secondary N) is 1. The van der Waals surface area contributed by atoms with Crippen LogP contribution in [0.5, 0.6) is 0 Å². The summed E-state index contributed by atoms with van der Waals surface area (Å²) in [5.74, 6) is 0. The average molecular weight is 322 g/mol. The molecule has 0 aliphatic carbocycles. The normalized spacial score (nSPS) is 14.0. The number of aromatic nitrogens is 2. The number of hydrogen-bond donors (Lipinski definition) is 1. The molecule has 23 heavy (non-hydrogen) atoms. The van der Waals surface area contributed by atoms with Gasteiger partial charge in [0.15, 0.2) is 0 Å². The topological polar surface area (TPSA) is 29.9 Å². The van der Waals surface area contributed by atoms with Crippen LogP contribution < -0.4 is 5.32 Å². The molecule has 1 heterocycles. The highest BCUT2D eigenvalue weighted by molar-refractivity contribution is 4.83. The van der Waals surface area contributed by atoms with Gasteiger partial charge in [-0.05, 0) is 32.7 Å². The van der Waals surface area contributed by atoms with Gasteiger partial charge in [0.25, 0.3) is 0 Å². The Morgan fingerprint density at radius 3 is 2.22 bits per heavy atom. The van der Waals surface area contributed by atoms with Crippen molar-refractivity contribution in [2.75, 3.05) is 6.54 Å². The van der Waals surface area contributed by atoms with Crippen molar-refractivity contribution in [2.24, 2.45) is 0 Å². The first-order valence-electron chi connectivity index (χ1n) is 9.91. The van der Waals surface area contributed by atoms with E-state index in [1.54, 1.807) is 0 Å². The van der Waals surface area contributed by atoms with Crippen LogP contribution in [0.1, 0.15) is 91.4 Å². The molecule has 0 radical (unpaired) electrons. The number of nitrogens with zero attached hydrogens (tertiary/aromatic N) is 2. The van der Waals surface area contributed by atoms with Gasteiger partial charge in [-0.2, -0.15) is 0 Å². The van der Waals surface area contributed by atoms with E-state index in [2.05, 4.69) is 35.6 Å². The molecule has 0 aliphatic rings. The first-order chi connectivity index (χ1) is 11.2. The van der Waals surface area contributed by atoms with Crippen LogP contribution in [0.3, 0.4) is 0 Å². The van der Waals surface area contributed by atoms with Crippen molar-refractivity contribution >= 4 is 0 Å². The van der Waals surface area contributed by atoms with Gasteiger partial charge in [0, 0.05) is 24.5 Å². The highest BCUT2D eigenvalue weighted by Crippen LogP contribution is 2.22. The Bertz CT molecular complexity index is 361. The summed E-state index contributed by atoms with van der Waals surface area (Å²) in [6.07, 6.45) is 20.6. The Balaban J connectivity index is 2.27. The molecule has 0 aromatic carbocycles. The summed E-state index contributed by atoms with van der Waals surface area (Å²) in [5, 5.41) is 3.87. The van der Waals surface area contributed by atoms with Crippen molar-refractivity contribution in [1.82, 2.24) is 14.9 Å². The minimum Gasteiger partial charge on any atom is -0.337 e. The molecule has 1 aromatic heterocycles. The molecule has 3 heteroatoms. The summed E-state index contributed by atoms with van der Waals surface area (Å²) in [5.41, 5.74) is 0.330. The molecular formula is C20H39N3. The van der Waals surface area contributed by atoms with Crippen molar-refractivity contribution in [3.8, 4) is 0 Å². The summed E-state index contributed by atoms with van der Waals surface area (Å²) < 4.78 is 2.17. The zero-order valence-corrected chi connectivity index (χ0v) is 15.8. The van der Waals surface area contributed by atoms with Gasteiger partial charge in [-0.25, -0.2) is 4.98 Å². The third-order valence-electron chi connectivity index (χ3n) is 4.87. The lowest BCUT2D eigenvalue weighted by Gasteiger charge is -2.32. The Kier molecular flexibility index (Phi) is 11.1. The Morgan fingerprint density at radius 1 is 0.913 bits per heavy atom. The van der Waals surface area contributed by atoms with Gasteiger partial charge in [0.05, 0.1) is 6.33 Å². The number of rotatable bonds is 15. The minimum atomic E-state index is 0.330. The Labute approximate surface area is 144 Å². The lowest BCUT2D eigenvalue weighted by atomic mass is 9.88. The van der Waals surface area contributed by atoms with Crippen LogP contribution in [0.2, 0.25) is 0 Å². The van der Waals surface area contributed by atoms with Crippen LogP contribution in [-0.2, 0) is 6.54 Å². The van der Waals surface area contributed by atoms with E-state index in [0.717, 1.165) is 13.1 Å².